The number of aromatic nitrogens is 6. The molecule has 4 unspecified atom stereocenters. The normalized spacial score (nSPS) is 30.8. The third-order valence-electron chi connectivity index (χ3n) is 7.87. The van der Waals surface area contributed by atoms with Crippen molar-refractivity contribution >= 4 is 11.9 Å². The summed E-state index contributed by atoms with van der Waals surface area (Å²) in [7, 11) is 0. The first-order valence-electron chi connectivity index (χ1n) is 12.1. The Morgan fingerprint density at radius 3 is 2.83 bits per heavy atom. The number of carbonyl (C=O) groups excluding carboxylic acids is 2. The largest absolute Gasteiger partial charge is 0.456 e. The molecule has 0 aliphatic carbocycles. The van der Waals surface area contributed by atoms with E-state index in [1.807, 2.05) is 17.0 Å². The van der Waals surface area contributed by atoms with Crippen LogP contribution in [0.15, 0.2) is 29.7 Å². The Morgan fingerprint density at radius 1 is 1.17 bits per heavy atom. The fourth-order valence-corrected chi connectivity index (χ4v) is 5.77. The number of esters is 1. The molecule has 0 aromatic carbocycles. The molecule has 12 heteroatoms. The molecule has 1 amide bonds. The predicted molar refractivity (Wildman–Crippen MR) is 120 cm³/mol. The summed E-state index contributed by atoms with van der Waals surface area (Å²) < 4.78 is 12.6. The van der Waals surface area contributed by atoms with Gasteiger partial charge in [-0.15, -0.1) is 10.2 Å². The van der Waals surface area contributed by atoms with Crippen LogP contribution in [0.3, 0.4) is 0 Å². The number of fused-ring (bicyclic) bond motifs is 1. The zero-order valence-electron chi connectivity index (χ0n) is 19.7. The van der Waals surface area contributed by atoms with Crippen LogP contribution in [0.5, 0.6) is 0 Å². The lowest BCUT2D eigenvalue weighted by atomic mass is 9.77. The fourth-order valence-electron chi connectivity index (χ4n) is 5.77. The molecule has 3 saturated heterocycles. The number of cyclic esters (lactones) is 1. The van der Waals surface area contributed by atoms with Crippen molar-refractivity contribution in [1.29, 1.82) is 0 Å². The number of nitrogens with zero attached hydrogens (tertiary/aromatic N) is 8. The summed E-state index contributed by atoms with van der Waals surface area (Å²) in [5, 5.41) is 19.6. The van der Waals surface area contributed by atoms with Crippen LogP contribution < -0.4 is 0 Å². The first-order valence-corrected chi connectivity index (χ1v) is 12.1. The van der Waals surface area contributed by atoms with Crippen LogP contribution in [-0.2, 0) is 25.5 Å². The lowest BCUT2D eigenvalue weighted by Crippen LogP contribution is -2.36. The highest BCUT2D eigenvalue weighted by atomic mass is 16.5. The summed E-state index contributed by atoms with van der Waals surface area (Å²) in [6, 6.07) is 4.42. The van der Waals surface area contributed by atoms with E-state index in [2.05, 4.69) is 30.6 Å². The van der Waals surface area contributed by atoms with Gasteiger partial charge in [0.25, 0.3) is 0 Å². The fraction of sp³-hybridized carbons (Fsp3) is 0.609. The molecule has 3 fully saturated rings. The van der Waals surface area contributed by atoms with Crippen LogP contribution in [0.4, 0.5) is 0 Å². The lowest BCUT2D eigenvalue weighted by Gasteiger charge is -2.28. The SMILES string of the molecule is CC1=C(N2CCC3(CCCOCC4C(C3)N4CCc3ccc(-n4cnnn4)nn3)C2=O)COC1=O. The summed E-state index contributed by atoms with van der Waals surface area (Å²) in [5.41, 5.74) is 1.78. The lowest BCUT2D eigenvalue weighted by molar-refractivity contribution is -0.138. The van der Waals surface area contributed by atoms with E-state index in [0.29, 0.717) is 43.2 Å². The van der Waals surface area contributed by atoms with E-state index in [4.69, 9.17) is 9.47 Å². The van der Waals surface area contributed by atoms with Crippen molar-refractivity contribution < 1.29 is 19.1 Å². The Morgan fingerprint density at radius 2 is 2.09 bits per heavy atom. The second-order valence-electron chi connectivity index (χ2n) is 9.78. The third kappa shape index (κ3) is 4.00. The Labute approximate surface area is 202 Å². The number of carbonyl (C=O) groups is 2. The molecule has 35 heavy (non-hydrogen) atoms. The summed E-state index contributed by atoms with van der Waals surface area (Å²) in [4.78, 5) is 29.8. The summed E-state index contributed by atoms with van der Waals surface area (Å²) >= 11 is 0. The van der Waals surface area contributed by atoms with Gasteiger partial charge in [-0.2, -0.15) is 9.78 Å². The van der Waals surface area contributed by atoms with Gasteiger partial charge in [0.2, 0.25) is 5.91 Å². The minimum absolute atomic E-state index is 0.140. The Kier molecular flexibility index (Phi) is 5.56. The monoisotopic (exact) mass is 480 g/mol. The summed E-state index contributed by atoms with van der Waals surface area (Å²) in [6.07, 6.45) is 5.55. The quantitative estimate of drug-likeness (QED) is 0.435. The van der Waals surface area contributed by atoms with E-state index in [-0.39, 0.29) is 18.5 Å². The first-order chi connectivity index (χ1) is 17.1. The minimum Gasteiger partial charge on any atom is -0.456 e. The van der Waals surface area contributed by atoms with Gasteiger partial charge in [-0.05, 0) is 55.2 Å². The van der Waals surface area contributed by atoms with Crippen LogP contribution in [-0.4, -0.2) is 97.1 Å². The topological polar surface area (TPSA) is 128 Å². The van der Waals surface area contributed by atoms with E-state index < -0.39 is 5.41 Å². The molecular formula is C23H28N8O4. The van der Waals surface area contributed by atoms with Crippen LogP contribution in [0, 0.1) is 5.41 Å². The van der Waals surface area contributed by atoms with Crippen molar-refractivity contribution in [2.75, 3.05) is 32.9 Å². The van der Waals surface area contributed by atoms with Gasteiger partial charge in [-0.3, -0.25) is 9.69 Å². The van der Waals surface area contributed by atoms with Gasteiger partial charge in [0.1, 0.15) is 12.9 Å². The highest BCUT2D eigenvalue weighted by Crippen LogP contribution is 2.48. The molecule has 4 atom stereocenters. The predicted octanol–water partition coefficient (Wildman–Crippen LogP) is 0.298. The Bertz CT molecular complexity index is 1150. The van der Waals surface area contributed by atoms with Gasteiger partial charge in [-0.1, -0.05) is 0 Å². The first kappa shape index (κ1) is 22.2. The highest BCUT2D eigenvalue weighted by molar-refractivity contribution is 5.94. The Hall–Kier alpha value is -3.25. The second kappa shape index (κ2) is 8.76. The van der Waals surface area contributed by atoms with Gasteiger partial charge in [0.15, 0.2) is 5.82 Å². The Balaban J connectivity index is 1.13. The van der Waals surface area contributed by atoms with Crippen LogP contribution >= 0.6 is 0 Å². The van der Waals surface area contributed by atoms with E-state index >= 15 is 0 Å². The molecule has 2 aromatic heterocycles. The maximum Gasteiger partial charge on any atom is 0.336 e. The van der Waals surface area contributed by atoms with E-state index in [1.54, 1.807) is 6.92 Å². The molecule has 6 rings (SSSR count). The van der Waals surface area contributed by atoms with Gasteiger partial charge < -0.3 is 14.4 Å². The molecule has 6 heterocycles. The van der Waals surface area contributed by atoms with Crippen LogP contribution in [0.1, 0.15) is 38.3 Å². The molecular weight excluding hydrogens is 452 g/mol. The van der Waals surface area contributed by atoms with Crippen molar-refractivity contribution in [1.82, 2.24) is 40.2 Å². The maximum atomic E-state index is 13.7. The number of amides is 1. The standard InChI is InChI=1S/C23H28N8O4/c1-15-18(13-35-21(15)32)30-9-7-23(22(30)33)6-2-10-34-12-19-17(11-23)29(19)8-5-16-3-4-20(26-25-16)31-14-24-27-28-31/h3-4,14,17,19H,2,5-13H2,1H3. The molecule has 0 N–H and O–H groups in total. The van der Waals surface area contributed by atoms with Crippen LogP contribution in [0.25, 0.3) is 5.82 Å². The minimum atomic E-state index is -0.405. The van der Waals surface area contributed by atoms with Gasteiger partial charge >= 0.3 is 5.97 Å². The molecule has 4 aliphatic heterocycles. The molecule has 12 nitrogen and oxygen atoms in total. The second-order valence-corrected chi connectivity index (χ2v) is 9.78. The molecule has 0 saturated carbocycles. The zero-order chi connectivity index (χ0) is 24.0. The number of hydrogen-bond donors (Lipinski definition) is 0. The zero-order valence-corrected chi connectivity index (χ0v) is 19.7. The van der Waals surface area contributed by atoms with Crippen molar-refractivity contribution in [3.8, 4) is 5.82 Å². The van der Waals surface area contributed by atoms with Crippen molar-refractivity contribution in [2.24, 2.45) is 5.41 Å². The number of tetrazole rings is 1. The van der Waals surface area contributed by atoms with E-state index in [1.165, 1.54) is 11.0 Å². The molecule has 2 aromatic rings. The molecule has 0 bridgehead atoms. The smallest absolute Gasteiger partial charge is 0.336 e. The third-order valence-corrected chi connectivity index (χ3v) is 7.87. The van der Waals surface area contributed by atoms with Gasteiger partial charge in [-0.25, -0.2) is 4.79 Å². The average Bonchev–Trinajstić information content (AvgIpc) is 3.28. The van der Waals surface area contributed by atoms with Crippen LogP contribution in [0.2, 0.25) is 0 Å². The summed E-state index contributed by atoms with van der Waals surface area (Å²) in [6.45, 7) is 4.77. The number of ether oxygens (including phenoxy) is 2. The highest BCUT2D eigenvalue weighted by Gasteiger charge is 2.56. The maximum absolute atomic E-state index is 13.7. The number of rotatable bonds is 5. The van der Waals surface area contributed by atoms with E-state index in [9.17, 15) is 9.59 Å². The van der Waals surface area contributed by atoms with E-state index in [0.717, 1.165) is 50.0 Å². The summed E-state index contributed by atoms with van der Waals surface area (Å²) in [5.74, 6) is 0.392. The number of hydrogen-bond acceptors (Lipinski definition) is 10. The van der Waals surface area contributed by atoms with Gasteiger partial charge in [0, 0.05) is 38.2 Å². The molecule has 1 spiro atoms. The molecule has 184 valence electrons. The number of likely N-dealkylation sites (tertiary alicyclic amines) is 1. The van der Waals surface area contributed by atoms with Crippen molar-refractivity contribution in [3.05, 3.63) is 35.4 Å². The molecule has 0 radical (unpaired) electrons. The molecule has 4 aliphatic rings. The average molecular weight is 481 g/mol. The van der Waals surface area contributed by atoms with Gasteiger partial charge in [0.05, 0.1) is 29.0 Å². The van der Waals surface area contributed by atoms with Crippen molar-refractivity contribution in [3.63, 3.8) is 0 Å². The van der Waals surface area contributed by atoms with Crippen molar-refractivity contribution in [2.45, 2.75) is 51.1 Å².